The number of rotatable bonds is 8. The van der Waals surface area contributed by atoms with E-state index in [9.17, 15) is 9.59 Å². The molecular formula is C16H30N2O4. The van der Waals surface area contributed by atoms with Gasteiger partial charge in [0.05, 0.1) is 25.0 Å². The highest BCUT2D eigenvalue weighted by molar-refractivity contribution is 5.72. The Hall–Kier alpha value is -1.14. The zero-order valence-electron chi connectivity index (χ0n) is 14.3. The van der Waals surface area contributed by atoms with Crippen LogP contribution in [0.3, 0.4) is 0 Å². The van der Waals surface area contributed by atoms with Crippen LogP contribution >= 0.6 is 0 Å². The molecule has 6 nitrogen and oxygen atoms in total. The number of ether oxygens (including phenoxy) is 2. The first-order chi connectivity index (χ1) is 10.5. The maximum absolute atomic E-state index is 11.7. The molecule has 0 radical (unpaired) electrons. The molecular weight excluding hydrogens is 284 g/mol. The van der Waals surface area contributed by atoms with Crippen LogP contribution < -0.4 is 0 Å². The molecule has 0 aliphatic carbocycles. The monoisotopic (exact) mass is 314 g/mol. The van der Waals surface area contributed by atoms with Crippen LogP contribution in [0, 0.1) is 11.8 Å². The van der Waals surface area contributed by atoms with Crippen LogP contribution in [0.25, 0.3) is 0 Å². The molecule has 0 aromatic carbocycles. The maximum Gasteiger partial charge on any atom is 0.309 e. The largest absolute Gasteiger partial charge is 0.466 e. The zero-order valence-corrected chi connectivity index (χ0v) is 14.3. The molecule has 1 heterocycles. The van der Waals surface area contributed by atoms with E-state index >= 15 is 0 Å². The summed E-state index contributed by atoms with van der Waals surface area (Å²) in [5.41, 5.74) is 0. The van der Waals surface area contributed by atoms with Gasteiger partial charge in [0.1, 0.15) is 0 Å². The van der Waals surface area contributed by atoms with Crippen molar-refractivity contribution in [1.29, 1.82) is 0 Å². The average molecular weight is 314 g/mol. The summed E-state index contributed by atoms with van der Waals surface area (Å²) in [6.45, 7) is 13.5. The van der Waals surface area contributed by atoms with Gasteiger partial charge in [0.2, 0.25) is 0 Å². The van der Waals surface area contributed by atoms with E-state index in [4.69, 9.17) is 9.47 Å². The molecule has 1 aliphatic heterocycles. The third-order valence-electron chi connectivity index (χ3n) is 3.91. The third-order valence-corrected chi connectivity index (χ3v) is 3.91. The normalized spacial score (nSPS) is 19.5. The molecule has 0 bridgehead atoms. The highest BCUT2D eigenvalue weighted by Crippen LogP contribution is 2.10. The van der Waals surface area contributed by atoms with Crippen molar-refractivity contribution in [2.45, 2.75) is 27.7 Å². The van der Waals surface area contributed by atoms with Crippen molar-refractivity contribution in [3.05, 3.63) is 0 Å². The molecule has 1 saturated heterocycles. The first kappa shape index (κ1) is 18.9. The fourth-order valence-corrected chi connectivity index (χ4v) is 2.65. The number of hydrogen-bond donors (Lipinski definition) is 0. The van der Waals surface area contributed by atoms with Gasteiger partial charge in [-0.3, -0.25) is 19.4 Å². The number of carbonyl (C=O) groups excluding carboxylic acids is 2. The van der Waals surface area contributed by atoms with Gasteiger partial charge in [-0.2, -0.15) is 0 Å². The Bertz CT molecular complexity index is 320. The Morgan fingerprint density at radius 3 is 1.41 bits per heavy atom. The van der Waals surface area contributed by atoms with Crippen LogP contribution in [0.5, 0.6) is 0 Å². The summed E-state index contributed by atoms with van der Waals surface area (Å²) in [4.78, 5) is 27.9. The molecule has 0 spiro atoms. The highest BCUT2D eigenvalue weighted by Gasteiger charge is 2.24. The van der Waals surface area contributed by atoms with E-state index < -0.39 is 0 Å². The molecule has 6 heteroatoms. The van der Waals surface area contributed by atoms with Gasteiger partial charge >= 0.3 is 11.9 Å². The molecule has 0 aromatic rings. The second-order valence-corrected chi connectivity index (χ2v) is 5.91. The topological polar surface area (TPSA) is 59.1 Å². The third kappa shape index (κ3) is 6.32. The summed E-state index contributed by atoms with van der Waals surface area (Å²) >= 11 is 0. The minimum absolute atomic E-state index is 0.0926. The molecule has 1 rings (SSSR count). The minimum atomic E-state index is -0.124. The van der Waals surface area contributed by atoms with Crippen LogP contribution in [-0.2, 0) is 19.1 Å². The number of hydrogen-bond acceptors (Lipinski definition) is 6. The fourth-order valence-electron chi connectivity index (χ4n) is 2.65. The van der Waals surface area contributed by atoms with E-state index in [1.54, 1.807) is 0 Å². The lowest BCUT2D eigenvalue weighted by molar-refractivity contribution is -0.149. The lowest BCUT2D eigenvalue weighted by Gasteiger charge is -2.36. The predicted octanol–water partition coefficient (Wildman–Crippen LogP) is 1.00. The number of esters is 2. The summed E-state index contributed by atoms with van der Waals surface area (Å²) in [5.74, 6) is -0.434. The Morgan fingerprint density at radius 1 is 0.818 bits per heavy atom. The SMILES string of the molecule is CCOC(=O)[C@@H](C)CN1CCN(C[C@H](C)C(=O)OCC)CC1. The highest BCUT2D eigenvalue weighted by atomic mass is 16.5. The average Bonchev–Trinajstić information content (AvgIpc) is 2.49. The summed E-state index contributed by atoms with van der Waals surface area (Å²) in [6.07, 6.45) is 0. The Morgan fingerprint density at radius 2 is 1.14 bits per heavy atom. The van der Waals surface area contributed by atoms with Gasteiger partial charge in [0.15, 0.2) is 0 Å². The second-order valence-electron chi connectivity index (χ2n) is 5.91. The molecule has 0 N–H and O–H groups in total. The zero-order chi connectivity index (χ0) is 16.5. The van der Waals surface area contributed by atoms with Crippen molar-refractivity contribution in [2.24, 2.45) is 11.8 Å². The van der Waals surface area contributed by atoms with Crippen LogP contribution in [0.2, 0.25) is 0 Å². The quantitative estimate of drug-likeness (QED) is 0.623. The Kier molecular flexibility index (Phi) is 8.42. The molecule has 0 saturated carbocycles. The van der Waals surface area contributed by atoms with Crippen molar-refractivity contribution >= 4 is 11.9 Å². The molecule has 0 unspecified atom stereocenters. The van der Waals surface area contributed by atoms with Gasteiger partial charge in [-0.15, -0.1) is 0 Å². The standard InChI is InChI=1S/C16H30N2O4/c1-5-21-15(19)13(3)11-17-7-9-18(10-8-17)12-14(4)16(20)22-6-2/h13-14H,5-12H2,1-4H3/t13-,14-/m0/s1. The second kappa shape index (κ2) is 9.79. The molecule has 0 aromatic heterocycles. The van der Waals surface area contributed by atoms with E-state index in [-0.39, 0.29) is 23.8 Å². The summed E-state index contributed by atoms with van der Waals surface area (Å²) in [5, 5.41) is 0. The van der Waals surface area contributed by atoms with Gasteiger partial charge in [0, 0.05) is 39.3 Å². The lowest BCUT2D eigenvalue weighted by atomic mass is 10.1. The molecule has 0 amide bonds. The Labute approximate surface area is 133 Å². The first-order valence-electron chi connectivity index (χ1n) is 8.25. The fraction of sp³-hybridized carbons (Fsp3) is 0.875. The maximum atomic E-state index is 11.7. The molecule has 22 heavy (non-hydrogen) atoms. The van der Waals surface area contributed by atoms with Crippen molar-refractivity contribution in [3.63, 3.8) is 0 Å². The summed E-state index contributed by atoms with van der Waals surface area (Å²) < 4.78 is 10.1. The van der Waals surface area contributed by atoms with E-state index in [0.29, 0.717) is 13.2 Å². The van der Waals surface area contributed by atoms with Gasteiger partial charge in [-0.05, 0) is 13.8 Å². The summed E-state index contributed by atoms with van der Waals surface area (Å²) in [6, 6.07) is 0. The predicted molar refractivity (Wildman–Crippen MR) is 84.5 cm³/mol. The van der Waals surface area contributed by atoms with E-state index in [0.717, 1.165) is 39.3 Å². The van der Waals surface area contributed by atoms with Crippen LogP contribution in [-0.4, -0.2) is 74.2 Å². The van der Waals surface area contributed by atoms with Gasteiger partial charge in [-0.25, -0.2) is 0 Å². The number of carbonyl (C=O) groups is 2. The van der Waals surface area contributed by atoms with E-state index in [2.05, 4.69) is 9.80 Å². The molecule has 128 valence electrons. The number of piperazine rings is 1. The van der Waals surface area contributed by atoms with E-state index in [1.807, 2.05) is 27.7 Å². The van der Waals surface area contributed by atoms with Crippen molar-refractivity contribution in [2.75, 3.05) is 52.5 Å². The van der Waals surface area contributed by atoms with Crippen LogP contribution in [0.1, 0.15) is 27.7 Å². The van der Waals surface area contributed by atoms with Gasteiger partial charge < -0.3 is 9.47 Å². The first-order valence-corrected chi connectivity index (χ1v) is 8.25. The van der Waals surface area contributed by atoms with E-state index in [1.165, 1.54) is 0 Å². The smallest absolute Gasteiger partial charge is 0.309 e. The van der Waals surface area contributed by atoms with Crippen molar-refractivity contribution in [1.82, 2.24) is 9.80 Å². The van der Waals surface area contributed by atoms with Crippen molar-refractivity contribution < 1.29 is 19.1 Å². The van der Waals surface area contributed by atoms with Crippen molar-refractivity contribution in [3.8, 4) is 0 Å². The van der Waals surface area contributed by atoms with Crippen LogP contribution in [0.4, 0.5) is 0 Å². The summed E-state index contributed by atoms with van der Waals surface area (Å²) in [7, 11) is 0. The number of nitrogens with zero attached hydrogens (tertiary/aromatic N) is 2. The van der Waals surface area contributed by atoms with Crippen LogP contribution in [0.15, 0.2) is 0 Å². The van der Waals surface area contributed by atoms with Gasteiger partial charge in [-0.1, -0.05) is 13.8 Å². The molecule has 1 fully saturated rings. The molecule has 1 aliphatic rings. The van der Waals surface area contributed by atoms with Gasteiger partial charge in [0.25, 0.3) is 0 Å². The minimum Gasteiger partial charge on any atom is -0.466 e. The molecule has 2 atom stereocenters. The Balaban J connectivity index is 2.28. The lowest BCUT2D eigenvalue weighted by Crippen LogP contribution is -2.49.